The molecule has 0 atom stereocenters. The predicted molar refractivity (Wildman–Crippen MR) is 106 cm³/mol. The van der Waals surface area contributed by atoms with Crippen LogP contribution in [0.5, 0.6) is 11.6 Å². The van der Waals surface area contributed by atoms with Crippen molar-refractivity contribution in [3.05, 3.63) is 51.4 Å². The summed E-state index contributed by atoms with van der Waals surface area (Å²) in [4.78, 5) is 12.0. The Morgan fingerprint density at radius 3 is 2.54 bits per heavy atom. The van der Waals surface area contributed by atoms with E-state index in [2.05, 4.69) is 42.1 Å². The largest absolute Gasteiger partial charge is 0.493 e. The van der Waals surface area contributed by atoms with Gasteiger partial charge in [-0.1, -0.05) is 31.9 Å². The van der Waals surface area contributed by atoms with Crippen molar-refractivity contribution in [1.29, 1.82) is 0 Å². The third-order valence-corrected chi connectivity index (χ3v) is 4.75. The van der Waals surface area contributed by atoms with Crippen LogP contribution in [0.1, 0.15) is 6.92 Å². The van der Waals surface area contributed by atoms with E-state index < -0.39 is 5.91 Å². The van der Waals surface area contributed by atoms with Crippen LogP contribution in [0.3, 0.4) is 0 Å². The number of amides is 1. The van der Waals surface area contributed by atoms with Crippen molar-refractivity contribution >= 4 is 54.4 Å². The highest BCUT2D eigenvalue weighted by atomic mass is 79.9. The second kappa shape index (κ2) is 8.01. The van der Waals surface area contributed by atoms with Crippen LogP contribution in [-0.4, -0.2) is 22.2 Å². The van der Waals surface area contributed by atoms with E-state index in [9.17, 15) is 9.90 Å². The lowest BCUT2D eigenvalue weighted by molar-refractivity contribution is -0.120. The Morgan fingerprint density at radius 1 is 1.15 bits per heavy atom. The molecule has 0 radical (unpaired) electrons. The maximum Gasteiger partial charge on any atom is 0.302 e. The van der Waals surface area contributed by atoms with Gasteiger partial charge < -0.3 is 14.4 Å². The number of benzene rings is 2. The summed E-state index contributed by atoms with van der Waals surface area (Å²) in [5.41, 5.74) is 1.08. The van der Waals surface area contributed by atoms with E-state index in [1.54, 1.807) is 16.7 Å². The molecule has 0 bridgehead atoms. The lowest BCUT2D eigenvalue weighted by Crippen LogP contribution is -2.07. The summed E-state index contributed by atoms with van der Waals surface area (Å²) >= 11 is 6.74. The van der Waals surface area contributed by atoms with Crippen molar-refractivity contribution in [1.82, 2.24) is 4.57 Å². The quantitative estimate of drug-likeness (QED) is 0.484. The summed E-state index contributed by atoms with van der Waals surface area (Å²) in [5.74, 6) is -0.00296. The Kier molecular flexibility index (Phi) is 5.73. The first-order chi connectivity index (χ1) is 12.5. The Labute approximate surface area is 166 Å². The molecule has 6 nitrogen and oxygen atoms in total. The van der Waals surface area contributed by atoms with Crippen molar-refractivity contribution in [2.24, 2.45) is 10.2 Å². The van der Waals surface area contributed by atoms with Crippen LogP contribution in [0.4, 0.5) is 5.69 Å². The molecule has 0 unspecified atom stereocenters. The van der Waals surface area contributed by atoms with Crippen LogP contribution >= 0.6 is 31.9 Å². The number of aromatic nitrogens is 1. The van der Waals surface area contributed by atoms with Crippen molar-refractivity contribution in [2.75, 3.05) is 6.61 Å². The zero-order chi connectivity index (χ0) is 18.7. The first kappa shape index (κ1) is 18.6. The zero-order valence-corrected chi connectivity index (χ0v) is 17.0. The van der Waals surface area contributed by atoms with Gasteiger partial charge in [-0.05, 0) is 49.4 Å². The molecule has 8 heteroatoms. The van der Waals surface area contributed by atoms with Gasteiger partial charge in [0.15, 0.2) is 12.3 Å². The summed E-state index contributed by atoms with van der Waals surface area (Å²) in [6, 6.07) is 12.7. The molecule has 3 rings (SSSR count). The molecule has 1 amide bonds. The molecule has 26 heavy (non-hydrogen) atoms. The Morgan fingerprint density at radius 2 is 1.85 bits per heavy atom. The fraction of sp³-hybridized carbons (Fsp3) is 0.167. The highest BCUT2D eigenvalue weighted by Gasteiger charge is 2.16. The first-order valence-electron chi connectivity index (χ1n) is 7.83. The molecular weight excluding hydrogens is 466 g/mol. The molecule has 0 saturated carbocycles. The molecular formula is C18H15Br2N3O3. The standard InChI is InChI=1S/C18H15Br2N3O3/c1-2-23-15-8-5-12(20)9-14(15)17(18(23)25)22-21-16(24)10-26-13-6-3-11(19)4-7-13/h3-9,25H,2,10H2,1H3. The fourth-order valence-electron chi connectivity index (χ4n) is 2.52. The highest BCUT2D eigenvalue weighted by molar-refractivity contribution is 9.10. The summed E-state index contributed by atoms with van der Waals surface area (Å²) in [7, 11) is 0. The van der Waals surface area contributed by atoms with E-state index in [0.717, 1.165) is 14.5 Å². The van der Waals surface area contributed by atoms with Crippen LogP contribution in [-0.2, 0) is 11.3 Å². The maximum atomic E-state index is 12.0. The van der Waals surface area contributed by atoms with Gasteiger partial charge in [-0.2, -0.15) is 0 Å². The number of aromatic hydroxyl groups is 1. The Balaban J connectivity index is 1.79. The molecule has 0 aliphatic carbocycles. The van der Waals surface area contributed by atoms with Crippen LogP contribution < -0.4 is 4.74 Å². The van der Waals surface area contributed by atoms with Gasteiger partial charge in [0.05, 0.1) is 5.52 Å². The summed E-state index contributed by atoms with van der Waals surface area (Å²) < 4.78 is 8.85. The Hall–Kier alpha value is -2.19. The van der Waals surface area contributed by atoms with E-state index in [1.165, 1.54) is 0 Å². The third-order valence-electron chi connectivity index (χ3n) is 3.73. The Bertz CT molecular complexity index is 982. The van der Waals surface area contributed by atoms with Crippen LogP contribution in [0.25, 0.3) is 10.9 Å². The number of rotatable bonds is 5. The minimum atomic E-state index is -0.542. The molecule has 0 saturated heterocycles. The lowest BCUT2D eigenvalue weighted by Gasteiger charge is -2.02. The van der Waals surface area contributed by atoms with E-state index in [-0.39, 0.29) is 18.2 Å². The van der Waals surface area contributed by atoms with E-state index in [0.29, 0.717) is 17.7 Å². The molecule has 1 heterocycles. The van der Waals surface area contributed by atoms with Gasteiger partial charge in [-0.25, -0.2) is 0 Å². The van der Waals surface area contributed by atoms with Gasteiger partial charge in [0.25, 0.3) is 0 Å². The number of hydrogen-bond donors (Lipinski definition) is 1. The predicted octanol–water partition coefficient (Wildman–Crippen LogP) is 5.58. The second-order valence-electron chi connectivity index (χ2n) is 5.41. The minimum absolute atomic E-state index is 0.0222. The number of carbonyl (C=O) groups is 1. The smallest absolute Gasteiger partial charge is 0.302 e. The molecule has 0 fully saturated rings. The third kappa shape index (κ3) is 3.96. The van der Waals surface area contributed by atoms with Gasteiger partial charge in [0, 0.05) is 20.9 Å². The van der Waals surface area contributed by atoms with Gasteiger partial charge >= 0.3 is 5.91 Å². The SMILES string of the molecule is CCn1c(O)c(N=NC(=O)COc2ccc(Br)cc2)c2cc(Br)ccc21. The molecule has 0 aliphatic heterocycles. The van der Waals surface area contributed by atoms with Crippen molar-refractivity contribution in [2.45, 2.75) is 13.5 Å². The van der Waals surface area contributed by atoms with Gasteiger partial charge in [-0.15, -0.1) is 10.2 Å². The van der Waals surface area contributed by atoms with Crippen LogP contribution in [0, 0.1) is 0 Å². The highest BCUT2D eigenvalue weighted by Crippen LogP contribution is 2.39. The van der Waals surface area contributed by atoms with Crippen LogP contribution in [0.15, 0.2) is 61.6 Å². The normalized spacial score (nSPS) is 11.3. The van der Waals surface area contributed by atoms with Crippen LogP contribution in [0.2, 0.25) is 0 Å². The maximum absolute atomic E-state index is 12.0. The van der Waals surface area contributed by atoms with E-state index in [4.69, 9.17) is 4.74 Å². The average Bonchev–Trinajstić information content (AvgIpc) is 2.89. The zero-order valence-electron chi connectivity index (χ0n) is 13.8. The number of halogens is 2. The average molecular weight is 481 g/mol. The van der Waals surface area contributed by atoms with Gasteiger partial charge in [0.1, 0.15) is 5.75 Å². The minimum Gasteiger partial charge on any atom is -0.493 e. The topological polar surface area (TPSA) is 76.2 Å². The number of fused-ring (bicyclic) bond motifs is 1. The van der Waals surface area contributed by atoms with Gasteiger partial charge in [-0.3, -0.25) is 4.79 Å². The van der Waals surface area contributed by atoms with Gasteiger partial charge in [0.2, 0.25) is 5.88 Å². The van der Waals surface area contributed by atoms with Crippen molar-refractivity contribution in [3.63, 3.8) is 0 Å². The molecule has 0 spiro atoms. The first-order valence-corrected chi connectivity index (χ1v) is 9.42. The monoisotopic (exact) mass is 479 g/mol. The number of hydrogen-bond acceptors (Lipinski definition) is 4. The molecule has 3 aromatic rings. The molecule has 0 aliphatic rings. The summed E-state index contributed by atoms with van der Waals surface area (Å²) in [5, 5.41) is 18.8. The van der Waals surface area contributed by atoms with E-state index in [1.807, 2.05) is 37.3 Å². The summed E-state index contributed by atoms with van der Waals surface area (Å²) in [6.07, 6.45) is 0. The summed E-state index contributed by atoms with van der Waals surface area (Å²) in [6.45, 7) is 2.25. The lowest BCUT2D eigenvalue weighted by atomic mass is 10.2. The fourth-order valence-corrected chi connectivity index (χ4v) is 3.15. The molecule has 1 N–H and O–H groups in total. The van der Waals surface area contributed by atoms with E-state index >= 15 is 0 Å². The van der Waals surface area contributed by atoms with Crippen molar-refractivity contribution in [3.8, 4) is 11.6 Å². The molecule has 134 valence electrons. The second-order valence-corrected chi connectivity index (χ2v) is 7.25. The molecule has 1 aromatic heterocycles. The number of aryl methyl sites for hydroxylation is 1. The number of azo groups is 1. The number of ether oxygens (including phenoxy) is 1. The van der Waals surface area contributed by atoms with Crippen molar-refractivity contribution < 1.29 is 14.6 Å². The number of carbonyl (C=O) groups excluding carboxylic acids is 1. The molecule has 2 aromatic carbocycles. The number of nitrogens with zero attached hydrogens (tertiary/aromatic N) is 3.